The number of amides is 2. The van der Waals surface area contributed by atoms with Crippen LogP contribution in [-0.4, -0.2) is 38.7 Å². The molecule has 0 radical (unpaired) electrons. The summed E-state index contributed by atoms with van der Waals surface area (Å²) < 4.78 is 7.36. The number of rotatable bonds is 5. The van der Waals surface area contributed by atoms with E-state index in [0.717, 1.165) is 45.7 Å². The molecule has 0 bridgehead atoms. The highest BCUT2D eigenvalue weighted by Gasteiger charge is 2.37. The lowest BCUT2D eigenvalue weighted by atomic mass is 10.1. The van der Waals surface area contributed by atoms with Crippen molar-refractivity contribution in [2.75, 3.05) is 6.54 Å². The van der Waals surface area contributed by atoms with Crippen LogP contribution < -0.4 is 0 Å². The van der Waals surface area contributed by atoms with Gasteiger partial charge in [0.1, 0.15) is 12.1 Å². The third-order valence-electron chi connectivity index (χ3n) is 4.94. The van der Waals surface area contributed by atoms with Crippen molar-refractivity contribution >= 4 is 35.0 Å². The molecule has 31 heavy (non-hydrogen) atoms. The monoisotopic (exact) mass is 440 g/mol. The summed E-state index contributed by atoms with van der Waals surface area (Å²) >= 11 is 0.843. The van der Waals surface area contributed by atoms with Crippen molar-refractivity contribution in [2.45, 2.75) is 53.6 Å². The lowest BCUT2D eigenvalue weighted by Gasteiger charge is -2.21. The van der Waals surface area contributed by atoms with Gasteiger partial charge in [-0.2, -0.15) is 0 Å². The first-order chi connectivity index (χ1) is 14.5. The van der Waals surface area contributed by atoms with Crippen LogP contribution in [0.5, 0.6) is 0 Å². The van der Waals surface area contributed by atoms with Crippen molar-refractivity contribution in [2.24, 2.45) is 0 Å². The van der Waals surface area contributed by atoms with Gasteiger partial charge in [-0.1, -0.05) is 19.1 Å². The summed E-state index contributed by atoms with van der Waals surface area (Å²) in [6.45, 7) is 10.9. The molecule has 7 heteroatoms. The Morgan fingerprint density at radius 2 is 1.77 bits per heavy atom. The van der Waals surface area contributed by atoms with E-state index in [9.17, 15) is 14.4 Å². The maximum atomic E-state index is 12.8. The smallest absolute Gasteiger partial charge is 0.326 e. The van der Waals surface area contributed by atoms with Crippen LogP contribution >= 0.6 is 11.8 Å². The minimum atomic E-state index is -0.679. The molecule has 1 fully saturated rings. The normalized spacial score (nSPS) is 15.8. The number of esters is 1. The molecule has 0 spiro atoms. The van der Waals surface area contributed by atoms with Crippen LogP contribution in [0, 0.1) is 13.8 Å². The van der Waals surface area contributed by atoms with Crippen molar-refractivity contribution in [3.63, 3.8) is 0 Å². The second-order valence-corrected chi connectivity index (χ2v) is 9.53. The van der Waals surface area contributed by atoms with E-state index in [4.69, 9.17) is 4.74 Å². The van der Waals surface area contributed by atoms with Gasteiger partial charge in [-0.15, -0.1) is 0 Å². The third-order valence-corrected chi connectivity index (χ3v) is 5.85. The molecule has 1 aromatic heterocycles. The summed E-state index contributed by atoms with van der Waals surface area (Å²) in [7, 11) is 0. The highest BCUT2D eigenvalue weighted by molar-refractivity contribution is 8.18. The molecule has 0 aliphatic carbocycles. The number of carbonyl (C=O) groups is 3. The molecule has 2 amide bonds. The zero-order valence-corrected chi connectivity index (χ0v) is 19.6. The number of hydrogen-bond donors (Lipinski definition) is 0. The lowest BCUT2D eigenvalue weighted by molar-refractivity contribution is -0.156. The molecule has 0 saturated carbocycles. The minimum absolute atomic E-state index is 0.301. The molecule has 1 saturated heterocycles. The molecule has 0 N–H and O–H groups in total. The zero-order valence-electron chi connectivity index (χ0n) is 18.8. The Bertz CT molecular complexity index is 1060. The number of ether oxygens (including phenoxy) is 1. The fourth-order valence-corrected chi connectivity index (χ4v) is 4.32. The number of hydrogen-bond acceptors (Lipinski definition) is 5. The van der Waals surface area contributed by atoms with E-state index in [-0.39, 0.29) is 6.54 Å². The van der Waals surface area contributed by atoms with Gasteiger partial charge >= 0.3 is 5.97 Å². The van der Waals surface area contributed by atoms with E-state index in [1.165, 1.54) is 5.56 Å². The number of aromatic nitrogens is 1. The van der Waals surface area contributed by atoms with Crippen molar-refractivity contribution in [3.8, 4) is 5.69 Å². The molecule has 2 heterocycles. The second-order valence-electron chi connectivity index (χ2n) is 8.54. The summed E-state index contributed by atoms with van der Waals surface area (Å²) in [5.41, 5.74) is 4.50. The molecule has 1 aliphatic rings. The van der Waals surface area contributed by atoms with Gasteiger partial charge in [0.15, 0.2) is 0 Å². The van der Waals surface area contributed by atoms with Crippen LogP contribution in [0.25, 0.3) is 11.8 Å². The number of imide groups is 1. The number of aryl methyl sites for hydroxylation is 2. The first kappa shape index (κ1) is 22.9. The summed E-state index contributed by atoms with van der Waals surface area (Å²) in [5, 5.41) is -0.467. The van der Waals surface area contributed by atoms with Gasteiger partial charge in [0.05, 0.1) is 4.91 Å². The number of nitrogens with zero attached hydrogens (tertiary/aromatic N) is 2. The van der Waals surface area contributed by atoms with E-state index < -0.39 is 22.7 Å². The Morgan fingerprint density at radius 3 is 2.35 bits per heavy atom. The summed E-state index contributed by atoms with van der Waals surface area (Å²) in [5.74, 6) is -1.08. The molecule has 3 rings (SSSR count). The fraction of sp³-hybridized carbons (Fsp3) is 0.375. The summed E-state index contributed by atoms with van der Waals surface area (Å²) in [6.07, 6.45) is 2.70. The van der Waals surface area contributed by atoms with Crippen LogP contribution in [0.15, 0.2) is 35.2 Å². The fourth-order valence-electron chi connectivity index (χ4n) is 3.49. The van der Waals surface area contributed by atoms with Gasteiger partial charge in [-0.25, -0.2) is 0 Å². The molecule has 2 aromatic rings. The molecule has 1 aliphatic heterocycles. The van der Waals surface area contributed by atoms with Crippen LogP contribution in [0.3, 0.4) is 0 Å². The van der Waals surface area contributed by atoms with Crippen molar-refractivity contribution in [3.05, 3.63) is 57.8 Å². The predicted octanol–water partition coefficient (Wildman–Crippen LogP) is 5.03. The SMILES string of the molecule is CCc1ccc(-n2c(C)cc(C=C3SC(=O)N(CC(=O)OC(C)(C)C)C3=O)c2C)cc1. The Hall–Kier alpha value is -2.80. The Balaban J connectivity index is 1.84. The van der Waals surface area contributed by atoms with E-state index >= 15 is 0 Å². The lowest BCUT2D eigenvalue weighted by Crippen LogP contribution is -2.37. The topological polar surface area (TPSA) is 68.6 Å². The van der Waals surface area contributed by atoms with Crippen LogP contribution in [-0.2, 0) is 20.7 Å². The number of benzene rings is 1. The van der Waals surface area contributed by atoms with Gasteiger partial charge in [-0.3, -0.25) is 19.3 Å². The number of carbonyl (C=O) groups excluding carboxylic acids is 3. The minimum Gasteiger partial charge on any atom is -0.459 e. The van der Waals surface area contributed by atoms with Crippen molar-refractivity contribution < 1.29 is 19.1 Å². The zero-order chi connectivity index (χ0) is 22.9. The van der Waals surface area contributed by atoms with Crippen molar-refractivity contribution in [1.29, 1.82) is 0 Å². The molecule has 164 valence electrons. The van der Waals surface area contributed by atoms with E-state index in [1.54, 1.807) is 26.8 Å². The quantitative estimate of drug-likeness (QED) is 0.482. The summed E-state index contributed by atoms with van der Waals surface area (Å²) in [6, 6.07) is 10.4. The first-order valence-corrected chi connectivity index (χ1v) is 11.1. The van der Waals surface area contributed by atoms with Crippen LogP contribution in [0.2, 0.25) is 0 Å². The molecule has 0 unspecified atom stereocenters. The highest BCUT2D eigenvalue weighted by Crippen LogP contribution is 2.34. The Morgan fingerprint density at radius 1 is 1.13 bits per heavy atom. The summed E-state index contributed by atoms with van der Waals surface area (Å²) in [4.78, 5) is 38.4. The third kappa shape index (κ3) is 5.10. The van der Waals surface area contributed by atoms with Gasteiger partial charge in [0, 0.05) is 17.1 Å². The van der Waals surface area contributed by atoms with Gasteiger partial charge in [0.2, 0.25) is 0 Å². The maximum absolute atomic E-state index is 12.8. The first-order valence-electron chi connectivity index (χ1n) is 10.3. The van der Waals surface area contributed by atoms with E-state index in [2.05, 4.69) is 35.8 Å². The average molecular weight is 441 g/mol. The number of thioether (sulfide) groups is 1. The van der Waals surface area contributed by atoms with Gasteiger partial charge in [-0.05, 0) is 88.2 Å². The Kier molecular flexibility index (Phi) is 6.46. The molecular weight excluding hydrogens is 412 g/mol. The van der Waals surface area contributed by atoms with Gasteiger partial charge < -0.3 is 9.30 Å². The van der Waals surface area contributed by atoms with Gasteiger partial charge in [0.25, 0.3) is 11.1 Å². The predicted molar refractivity (Wildman–Crippen MR) is 123 cm³/mol. The highest BCUT2D eigenvalue weighted by atomic mass is 32.2. The second kappa shape index (κ2) is 8.75. The average Bonchev–Trinajstić information content (AvgIpc) is 3.10. The van der Waals surface area contributed by atoms with Crippen LogP contribution in [0.4, 0.5) is 4.79 Å². The molecular formula is C24H28N2O4S. The maximum Gasteiger partial charge on any atom is 0.326 e. The molecule has 6 nitrogen and oxygen atoms in total. The van der Waals surface area contributed by atoms with Crippen molar-refractivity contribution in [1.82, 2.24) is 9.47 Å². The largest absolute Gasteiger partial charge is 0.459 e. The Labute approximate surface area is 187 Å². The standard InChI is InChI=1S/C24H28N2O4S/c1-7-17-8-10-19(11-9-17)26-15(2)12-18(16(26)3)13-20-22(28)25(23(29)31-20)14-21(27)30-24(4,5)6/h8-13H,7,14H2,1-6H3. The molecule has 0 atom stereocenters. The molecule has 1 aromatic carbocycles. The van der Waals surface area contributed by atoms with E-state index in [1.807, 2.05) is 19.9 Å². The van der Waals surface area contributed by atoms with E-state index in [0.29, 0.717) is 4.91 Å². The van der Waals surface area contributed by atoms with Crippen LogP contribution in [0.1, 0.15) is 50.2 Å².